The summed E-state index contributed by atoms with van der Waals surface area (Å²) in [5.74, 6) is -2.45. The molecule has 4 aromatic rings. The van der Waals surface area contributed by atoms with Gasteiger partial charge in [-0.3, -0.25) is 4.79 Å². The van der Waals surface area contributed by atoms with Gasteiger partial charge in [-0.25, -0.2) is 14.4 Å². The zero-order chi connectivity index (χ0) is 18.3. The Morgan fingerprint density at radius 2 is 1.85 bits per heavy atom. The Hall–Kier alpha value is -3.55. The van der Waals surface area contributed by atoms with E-state index in [0.29, 0.717) is 16.9 Å². The van der Waals surface area contributed by atoms with Crippen molar-refractivity contribution in [1.82, 2.24) is 9.97 Å². The summed E-state index contributed by atoms with van der Waals surface area (Å²) in [6.45, 7) is 1.71. The molecule has 2 aromatic heterocycles. The number of hydrogen-bond acceptors (Lipinski definition) is 5. The van der Waals surface area contributed by atoms with Crippen LogP contribution in [0.3, 0.4) is 0 Å². The zero-order valence-corrected chi connectivity index (χ0v) is 13.4. The lowest BCUT2D eigenvalue weighted by molar-refractivity contribution is 0.0990. The smallest absolute Gasteiger partial charge is 0.311 e. The molecule has 0 saturated carbocycles. The van der Waals surface area contributed by atoms with E-state index in [1.165, 1.54) is 12.3 Å². The van der Waals surface area contributed by atoms with Gasteiger partial charge in [-0.05, 0) is 43.3 Å². The summed E-state index contributed by atoms with van der Waals surface area (Å²) in [6, 6.07) is 8.84. The van der Waals surface area contributed by atoms with Crippen molar-refractivity contribution >= 4 is 22.7 Å². The van der Waals surface area contributed by atoms with Crippen molar-refractivity contribution in [1.29, 1.82) is 0 Å². The van der Waals surface area contributed by atoms with Gasteiger partial charge in [0.1, 0.15) is 11.8 Å². The van der Waals surface area contributed by atoms with Crippen LogP contribution in [0.5, 0.6) is 0 Å². The standard InChI is InChI=1S/C18H11F2N3O3/c1-9-8-25-18(21-9)16(24)22-11-4-2-10(3-5-11)17-23-13-7-6-12(19)14(20)15(13)26-17/h2-8H,1H3,(H,22,24). The van der Waals surface area contributed by atoms with Crippen LogP contribution in [0.2, 0.25) is 0 Å². The van der Waals surface area contributed by atoms with Crippen LogP contribution in [0.15, 0.2) is 51.5 Å². The van der Waals surface area contributed by atoms with Crippen LogP contribution in [-0.2, 0) is 0 Å². The number of aryl methyl sites for hydroxylation is 1. The average Bonchev–Trinajstić information content (AvgIpc) is 3.26. The van der Waals surface area contributed by atoms with E-state index in [-0.39, 0.29) is 22.9 Å². The van der Waals surface area contributed by atoms with Gasteiger partial charge in [0.05, 0.1) is 5.69 Å². The van der Waals surface area contributed by atoms with Crippen molar-refractivity contribution < 1.29 is 22.4 Å². The molecular formula is C18H11F2N3O3. The Kier molecular flexibility index (Phi) is 3.72. The van der Waals surface area contributed by atoms with E-state index in [1.807, 2.05) is 0 Å². The van der Waals surface area contributed by atoms with E-state index < -0.39 is 17.5 Å². The Labute approximate surface area is 145 Å². The van der Waals surface area contributed by atoms with Gasteiger partial charge in [0.2, 0.25) is 11.7 Å². The fourth-order valence-corrected chi connectivity index (χ4v) is 2.40. The number of nitrogens with zero attached hydrogens (tertiary/aromatic N) is 2. The third-order valence-corrected chi connectivity index (χ3v) is 3.65. The third-order valence-electron chi connectivity index (χ3n) is 3.65. The molecule has 0 fully saturated rings. The minimum atomic E-state index is -1.08. The maximum absolute atomic E-state index is 13.7. The molecule has 0 radical (unpaired) electrons. The fraction of sp³-hybridized carbons (Fsp3) is 0.0556. The zero-order valence-electron chi connectivity index (χ0n) is 13.4. The topological polar surface area (TPSA) is 81.2 Å². The lowest BCUT2D eigenvalue weighted by Crippen LogP contribution is -2.12. The second-order valence-corrected chi connectivity index (χ2v) is 5.55. The molecule has 0 aliphatic heterocycles. The highest BCUT2D eigenvalue weighted by molar-refractivity contribution is 6.01. The first-order valence-corrected chi connectivity index (χ1v) is 7.60. The summed E-state index contributed by atoms with van der Waals surface area (Å²) in [4.78, 5) is 20.1. The molecular weight excluding hydrogens is 344 g/mol. The Bertz CT molecular complexity index is 1120. The van der Waals surface area contributed by atoms with Gasteiger partial charge in [0, 0.05) is 11.3 Å². The first-order chi connectivity index (χ1) is 12.5. The third kappa shape index (κ3) is 2.81. The van der Waals surface area contributed by atoms with Gasteiger partial charge in [0.15, 0.2) is 11.4 Å². The Balaban J connectivity index is 1.58. The van der Waals surface area contributed by atoms with Crippen LogP contribution >= 0.6 is 0 Å². The quantitative estimate of drug-likeness (QED) is 0.592. The molecule has 1 amide bonds. The van der Waals surface area contributed by atoms with E-state index in [4.69, 9.17) is 8.83 Å². The largest absolute Gasteiger partial charge is 0.441 e. The molecule has 0 atom stereocenters. The predicted molar refractivity (Wildman–Crippen MR) is 88.6 cm³/mol. The van der Waals surface area contributed by atoms with E-state index >= 15 is 0 Å². The first kappa shape index (κ1) is 15.9. The SMILES string of the molecule is Cc1coc(C(=O)Nc2ccc(-c3nc4ccc(F)c(F)c4o3)cc2)n1. The number of carbonyl (C=O) groups excluding carboxylic acids is 1. The van der Waals surface area contributed by atoms with Crippen molar-refractivity contribution in [3.05, 3.63) is 65.9 Å². The van der Waals surface area contributed by atoms with Crippen molar-refractivity contribution in [2.45, 2.75) is 6.92 Å². The molecule has 0 aliphatic carbocycles. The van der Waals surface area contributed by atoms with Crippen molar-refractivity contribution in [2.75, 3.05) is 5.32 Å². The minimum Gasteiger partial charge on any atom is -0.441 e. The summed E-state index contributed by atoms with van der Waals surface area (Å²) >= 11 is 0. The molecule has 0 unspecified atom stereocenters. The second-order valence-electron chi connectivity index (χ2n) is 5.55. The summed E-state index contributed by atoms with van der Waals surface area (Å²) in [5, 5.41) is 2.64. The van der Waals surface area contributed by atoms with E-state index in [0.717, 1.165) is 6.07 Å². The Morgan fingerprint density at radius 1 is 1.08 bits per heavy atom. The molecule has 1 N–H and O–H groups in total. The number of amides is 1. The van der Waals surface area contributed by atoms with Crippen LogP contribution in [0.25, 0.3) is 22.6 Å². The predicted octanol–water partition coefficient (Wildman–Crippen LogP) is 4.32. The number of rotatable bonds is 3. The number of aromatic nitrogens is 2. The van der Waals surface area contributed by atoms with Crippen LogP contribution in [0.1, 0.15) is 16.4 Å². The first-order valence-electron chi connectivity index (χ1n) is 7.60. The van der Waals surface area contributed by atoms with Gasteiger partial charge in [-0.1, -0.05) is 0 Å². The number of halogens is 2. The van der Waals surface area contributed by atoms with Crippen molar-refractivity contribution in [2.24, 2.45) is 0 Å². The number of anilines is 1. The summed E-state index contributed by atoms with van der Waals surface area (Å²) in [5.41, 5.74) is 1.63. The lowest BCUT2D eigenvalue weighted by Gasteiger charge is -2.03. The highest BCUT2D eigenvalue weighted by Crippen LogP contribution is 2.28. The van der Waals surface area contributed by atoms with Crippen LogP contribution in [-0.4, -0.2) is 15.9 Å². The van der Waals surface area contributed by atoms with Crippen LogP contribution < -0.4 is 5.32 Å². The highest BCUT2D eigenvalue weighted by atomic mass is 19.2. The molecule has 0 aliphatic rings. The minimum absolute atomic E-state index is 0.0389. The fourth-order valence-electron chi connectivity index (χ4n) is 2.40. The number of hydrogen-bond donors (Lipinski definition) is 1. The number of fused-ring (bicyclic) bond motifs is 1. The second kappa shape index (κ2) is 6.07. The molecule has 2 aromatic carbocycles. The van der Waals surface area contributed by atoms with Crippen molar-refractivity contribution in [3.63, 3.8) is 0 Å². The molecule has 6 nitrogen and oxygen atoms in total. The van der Waals surface area contributed by atoms with E-state index in [1.54, 1.807) is 31.2 Å². The molecule has 0 spiro atoms. The van der Waals surface area contributed by atoms with Crippen molar-refractivity contribution in [3.8, 4) is 11.5 Å². The van der Waals surface area contributed by atoms with Gasteiger partial charge >= 0.3 is 5.91 Å². The van der Waals surface area contributed by atoms with Crippen LogP contribution in [0, 0.1) is 18.6 Å². The molecule has 130 valence electrons. The van der Waals surface area contributed by atoms with E-state index in [2.05, 4.69) is 15.3 Å². The molecule has 0 saturated heterocycles. The molecule has 2 heterocycles. The molecule has 26 heavy (non-hydrogen) atoms. The summed E-state index contributed by atoms with van der Waals surface area (Å²) in [6.07, 6.45) is 1.38. The molecule has 8 heteroatoms. The summed E-state index contributed by atoms with van der Waals surface area (Å²) < 4.78 is 37.3. The normalized spacial score (nSPS) is 11.0. The number of oxazole rings is 2. The highest BCUT2D eigenvalue weighted by Gasteiger charge is 2.16. The monoisotopic (exact) mass is 355 g/mol. The number of carbonyl (C=O) groups is 1. The van der Waals surface area contributed by atoms with E-state index in [9.17, 15) is 13.6 Å². The van der Waals surface area contributed by atoms with Gasteiger partial charge in [0.25, 0.3) is 5.89 Å². The maximum Gasteiger partial charge on any atom is 0.311 e. The average molecular weight is 355 g/mol. The van der Waals surface area contributed by atoms with Gasteiger partial charge < -0.3 is 14.2 Å². The van der Waals surface area contributed by atoms with Gasteiger partial charge in [-0.15, -0.1) is 0 Å². The Morgan fingerprint density at radius 3 is 2.54 bits per heavy atom. The molecule has 4 rings (SSSR count). The van der Waals surface area contributed by atoms with Crippen LogP contribution in [0.4, 0.5) is 14.5 Å². The number of nitrogens with one attached hydrogen (secondary N) is 1. The summed E-state index contributed by atoms with van der Waals surface area (Å²) in [7, 11) is 0. The van der Waals surface area contributed by atoms with Gasteiger partial charge in [-0.2, -0.15) is 4.39 Å². The lowest BCUT2D eigenvalue weighted by atomic mass is 10.2. The molecule has 0 bridgehead atoms. The number of benzene rings is 2. The maximum atomic E-state index is 13.7.